The summed E-state index contributed by atoms with van der Waals surface area (Å²) in [6.07, 6.45) is 0. The van der Waals surface area contributed by atoms with Crippen LogP contribution in [-0.4, -0.2) is 11.0 Å². The molecule has 0 atom stereocenters. The summed E-state index contributed by atoms with van der Waals surface area (Å²) < 4.78 is 0. The van der Waals surface area contributed by atoms with Crippen LogP contribution >= 0.6 is 0 Å². The SMILES string of the molecule is Cc1cc2c(C(C)(C)C)cccc2[cH-]1.[Hf].[Si]. The van der Waals surface area contributed by atoms with Crippen molar-refractivity contribution in [1.82, 2.24) is 0 Å². The molecule has 4 radical (unpaired) electrons. The molecule has 0 aromatic heterocycles. The van der Waals surface area contributed by atoms with Crippen molar-refractivity contribution in [2.45, 2.75) is 33.1 Å². The Morgan fingerprint density at radius 1 is 1.12 bits per heavy atom. The van der Waals surface area contributed by atoms with Crippen molar-refractivity contribution in [2.24, 2.45) is 0 Å². The summed E-state index contributed by atoms with van der Waals surface area (Å²) in [5, 5.41) is 2.78. The largest absolute Gasteiger partial charge is 0.165 e. The van der Waals surface area contributed by atoms with E-state index in [0.29, 0.717) is 0 Å². The minimum absolute atomic E-state index is 0. The van der Waals surface area contributed by atoms with E-state index in [9.17, 15) is 0 Å². The Kier molecular flexibility index (Phi) is 5.47. The molecule has 0 bridgehead atoms. The second kappa shape index (κ2) is 5.50. The van der Waals surface area contributed by atoms with E-state index in [-0.39, 0.29) is 42.2 Å². The van der Waals surface area contributed by atoms with Gasteiger partial charge in [-0.25, -0.2) is 0 Å². The standard InChI is InChI=1S/C14H17.Hf.Si/c1-10-8-11-6-5-7-13(12(11)9-10)14(2,3)4;;/h5-9H,1-4H3;;/q-1;;. The monoisotopic (exact) mass is 393 g/mol. The molecule has 0 unspecified atom stereocenters. The molecule has 2 heteroatoms. The zero-order valence-corrected chi connectivity index (χ0v) is 15.0. The van der Waals surface area contributed by atoms with Crippen molar-refractivity contribution in [3.8, 4) is 0 Å². The number of hydrogen-bond donors (Lipinski definition) is 0. The van der Waals surface area contributed by atoms with Gasteiger partial charge in [0.25, 0.3) is 0 Å². The van der Waals surface area contributed by atoms with E-state index in [0.717, 1.165) is 0 Å². The smallest absolute Gasteiger partial charge is 0 e. The third-order valence-corrected chi connectivity index (χ3v) is 2.70. The van der Waals surface area contributed by atoms with Crippen molar-refractivity contribution in [3.05, 3.63) is 41.5 Å². The van der Waals surface area contributed by atoms with E-state index < -0.39 is 0 Å². The summed E-state index contributed by atoms with van der Waals surface area (Å²) in [6.45, 7) is 8.96. The van der Waals surface area contributed by atoms with Crippen LogP contribution in [0.25, 0.3) is 10.8 Å². The van der Waals surface area contributed by atoms with Gasteiger partial charge in [0.2, 0.25) is 0 Å². The van der Waals surface area contributed by atoms with Crippen molar-refractivity contribution in [3.63, 3.8) is 0 Å². The van der Waals surface area contributed by atoms with Gasteiger partial charge in [0.05, 0.1) is 0 Å². The molecular weight excluding hydrogens is 375 g/mol. The summed E-state index contributed by atoms with van der Waals surface area (Å²) in [6, 6.07) is 11.1. The summed E-state index contributed by atoms with van der Waals surface area (Å²) in [4.78, 5) is 0. The maximum atomic E-state index is 2.29. The first-order valence-electron chi connectivity index (χ1n) is 5.15. The predicted molar refractivity (Wildman–Crippen MR) is 68.7 cm³/mol. The van der Waals surface area contributed by atoms with Crippen molar-refractivity contribution in [1.29, 1.82) is 0 Å². The Balaban J connectivity index is 0.00000112. The van der Waals surface area contributed by atoms with Crippen LogP contribution in [0.5, 0.6) is 0 Å². The van der Waals surface area contributed by atoms with Gasteiger partial charge in [-0.1, -0.05) is 39.3 Å². The molecule has 0 amide bonds. The van der Waals surface area contributed by atoms with E-state index in [1.807, 2.05) is 0 Å². The van der Waals surface area contributed by atoms with Gasteiger partial charge in [0.15, 0.2) is 0 Å². The zero-order chi connectivity index (χ0) is 10.3. The molecule has 0 nitrogen and oxygen atoms in total. The molecule has 82 valence electrons. The number of hydrogen-bond acceptors (Lipinski definition) is 0. The molecule has 0 saturated heterocycles. The van der Waals surface area contributed by atoms with Crippen LogP contribution in [0, 0.1) is 6.92 Å². The molecule has 0 aliphatic heterocycles. The van der Waals surface area contributed by atoms with Crippen molar-refractivity contribution >= 4 is 21.7 Å². The average molecular weight is 392 g/mol. The van der Waals surface area contributed by atoms with Gasteiger partial charge in [-0.05, 0) is 5.41 Å². The van der Waals surface area contributed by atoms with Crippen LogP contribution < -0.4 is 0 Å². The van der Waals surface area contributed by atoms with Gasteiger partial charge in [0, 0.05) is 36.8 Å². The first kappa shape index (κ1) is 15.9. The quantitative estimate of drug-likeness (QED) is 0.473. The van der Waals surface area contributed by atoms with Crippen molar-refractivity contribution < 1.29 is 25.8 Å². The Bertz CT molecular complexity index is 463. The fourth-order valence-electron chi connectivity index (χ4n) is 2.04. The van der Waals surface area contributed by atoms with Gasteiger partial charge in [-0.3, -0.25) is 0 Å². The normalized spacial score (nSPS) is 10.8. The predicted octanol–water partition coefficient (Wildman–Crippen LogP) is 3.78. The zero-order valence-electron chi connectivity index (χ0n) is 10.4. The molecule has 0 aliphatic carbocycles. The molecule has 16 heavy (non-hydrogen) atoms. The topological polar surface area (TPSA) is 0 Å². The van der Waals surface area contributed by atoms with E-state index in [2.05, 4.69) is 58.0 Å². The second-order valence-electron chi connectivity index (χ2n) is 5.09. The number of fused-ring (bicyclic) bond motifs is 1. The minimum atomic E-state index is 0. The third kappa shape index (κ3) is 2.98. The molecule has 0 heterocycles. The Hall–Kier alpha value is -0.0830. The summed E-state index contributed by atoms with van der Waals surface area (Å²) in [5.74, 6) is 0. The summed E-state index contributed by atoms with van der Waals surface area (Å²) in [5.41, 5.74) is 3.04. The van der Waals surface area contributed by atoms with Gasteiger partial charge in [-0.15, -0.1) is 34.5 Å². The fourth-order valence-corrected chi connectivity index (χ4v) is 2.04. The molecule has 0 saturated carbocycles. The van der Waals surface area contributed by atoms with Gasteiger partial charge < -0.3 is 0 Å². The minimum Gasteiger partial charge on any atom is -0.165 e. The van der Waals surface area contributed by atoms with Crippen LogP contribution in [0.3, 0.4) is 0 Å². The number of rotatable bonds is 0. The molecule has 2 aromatic rings. The maximum absolute atomic E-state index is 2.29. The molecule has 2 aromatic carbocycles. The van der Waals surface area contributed by atoms with Crippen LogP contribution in [-0.2, 0) is 31.3 Å². The van der Waals surface area contributed by atoms with E-state index in [1.54, 1.807) is 0 Å². The van der Waals surface area contributed by atoms with Gasteiger partial charge in [-0.2, -0.15) is 6.07 Å². The number of benzene rings is 1. The van der Waals surface area contributed by atoms with Crippen molar-refractivity contribution in [2.75, 3.05) is 0 Å². The van der Waals surface area contributed by atoms with E-state index in [4.69, 9.17) is 0 Å². The molecule has 0 aliphatic rings. The maximum Gasteiger partial charge on any atom is 0 e. The van der Waals surface area contributed by atoms with Crippen LogP contribution in [0.2, 0.25) is 0 Å². The Labute approximate surface area is 122 Å². The van der Waals surface area contributed by atoms with E-state index >= 15 is 0 Å². The fraction of sp³-hybridized carbons (Fsp3) is 0.357. The van der Waals surface area contributed by atoms with E-state index in [1.165, 1.54) is 21.9 Å². The van der Waals surface area contributed by atoms with Crippen LogP contribution in [0.15, 0.2) is 30.3 Å². The molecule has 0 N–H and O–H groups in total. The third-order valence-electron chi connectivity index (χ3n) is 2.70. The number of aryl methyl sites for hydroxylation is 1. The first-order valence-corrected chi connectivity index (χ1v) is 5.15. The van der Waals surface area contributed by atoms with Crippen LogP contribution in [0.1, 0.15) is 31.9 Å². The Morgan fingerprint density at radius 2 is 1.75 bits per heavy atom. The molecule has 0 fully saturated rings. The molecule has 2 rings (SSSR count). The molecule has 0 spiro atoms. The first-order chi connectivity index (χ1) is 6.48. The average Bonchev–Trinajstić information content (AvgIpc) is 2.41. The summed E-state index contributed by atoms with van der Waals surface area (Å²) >= 11 is 0. The van der Waals surface area contributed by atoms with Crippen LogP contribution in [0.4, 0.5) is 0 Å². The molecular formula is C14H17HfSi-. The Morgan fingerprint density at radius 3 is 2.31 bits per heavy atom. The van der Waals surface area contributed by atoms with Gasteiger partial charge >= 0.3 is 0 Å². The van der Waals surface area contributed by atoms with Gasteiger partial charge in [0.1, 0.15) is 0 Å². The second-order valence-corrected chi connectivity index (χ2v) is 5.09. The summed E-state index contributed by atoms with van der Waals surface area (Å²) in [7, 11) is 0.